The zero-order valence-corrected chi connectivity index (χ0v) is 14.4. The minimum atomic E-state index is -1.30. The summed E-state index contributed by atoms with van der Waals surface area (Å²) in [7, 11) is -1.30. The lowest BCUT2D eigenvalue weighted by molar-refractivity contribution is -0.119. The van der Waals surface area contributed by atoms with Gasteiger partial charge in [0.15, 0.2) is 6.61 Å². The van der Waals surface area contributed by atoms with E-state index in [2.05, 4.69) is 5.32 Å². The van der Waals surface area contributed by atoms with Crippen LogP contribution in [0.2, 0.25) is 0 Å². The van der Waals surface area contributed by atoms with E-state index in [1.165, 1.54) is 17.4 Å². The molecule has 8 heteroatoms. The number of rotatable bonds is 6. The summed E-state index contributed by atoms with van der Waals surface area (Å²) in [6, 6.07) is 9.97. The highest BCUT2D eigenvalue weighted by atomic mass is 32.2. The van der Waals surface area contributed by atoms with Crippen LogP contribution in [0.5, 0.6) is 0 Å². The van der Waals surface area contributed by atoms with Gasteiger partial charge in [-0.1, -0.05) is 19.1 Å². The van der Waals surface area contributed by atoms with E-state index in [-0.39, 0.29) is 5.56 Å². The Kier molecular flexibility index (Phi) is 6.23. The van der Waals surface area contributed by atoms with Crippen LogP contribution < -0.4 is 5.32 Å². The Balaban J connectivity index is 2.00. The van der Waals surface area contributed by atoms with Gasteiger partial charge in [-0.05, 0) is 23.6 Å². The summed E-state index contributed by atoms with van der Waals surface area (Å²) >= 11 is 1.21. The molecule has 0 saturated carbocycles. The molecule has 1 aromatic heterocycles. The Labute approximate surface area is 145 Å². The second-order valence-corrected chi connectivity index (χ2v) is 7.15. The molecule has 2 aromatic rings. The molecule has 24 heavy (non-hydrogen) atoms. The van der Waals surface area contributed by atoms with Gasteiger partial charge in [-0.25, -0.2) is 4.79 Å². The van der Waals surface area contributed by atoms with Crippen LogP contribution in [0, 0.1) is 11.3 Å². The molecular formula is C16H14N2O4S2. The summed E-state index contributed by atoms with van der Waals surface area (Å²) in [6.07, 6.45) is 0. The van der Waals surface area contributed by atoms with E-state index in [1.54, 1.807) is 36.6 Å². The lowest BCUT2D eigenvalue weighted by atomic mass is 10.2. The van der Waals surface area contributed by atoms with E-state index in [0.717, 1.165) is 0 Å². The Morgan fingerprint density at radius 3 is 2.79 bits per heavy atom. The van der Waals surface area contributed by atoms with Gasteiger partial charge in [0.2, 0.25) is 0 Å². The number of hydrogen-bond acceptors (Lipinski definition) is 6. The number of nitrogens with zero attached hydrogens (tertiary/aromatic N) is 1. The second kappa shape index (κ2) is 8.38. The molecule has 1 heterocycles. The number of ether oxygens (including phenoxy) is 1. The number of nitrogens with one attached hydrogen (secondary N) is 1. The van der Waals surface area contributed by atoms with Gasteiger partial charge in [0, 0.05) is 5.75 Å². The highest BCUT2D eigenvalue weighted by molar-refractivity contribution is 7.85. The maximum absolute atomic E-state index is 12.1. The van der Waals surface area contributed by atoms with Crippen molar-refractivity contribution >= 4 is 39.0 Å². The van der Waals surface area contributed by atoms with Crippen LogP contribution in [-0.4, -0.2) is 28.4 Å². The molecule has 0 bridgehead atoms. The predicted octanol–water partition coefficient (Wildman–Crippen LogP) is 2.54. The number of carbonyl (C=O) groups excluding carboxylic acids is 2. The van der Waals surface area contributed by atoms with Gasteiger partial charge in [0.1, 0.15) is 11.1 Å². The normalized spacial score (nSPS) is 11.3. The van der Waals surface area contributed by atoms with E-state index in [4.69, 9.17) is 10.00 Å². The number of amides is 1. The van der Waals surface area contributed by atoms with E-state index < -0.39 is 29.3 Å². The van der Waals surface area contributed by atoms with Gasteiger partial charge in [0.25, 0.3) is 5.91 Å². The van der Waals surface area contributed by atoms with Crippen molar-refractivity contribution in [3.8, 4) is 6.07 Å². The number of hydrogen-bond donors (Lipinski definition) is 1. The van der Waals surface area contributed by atoms with Gasteiger partial charge in [0.05, 0.1) is 26.8 Å². The SMILES string of the molecule is CC[S@@](=O)c1ccccc1C(=O)OCC(=O)Nc1sccc1C#N. The summed E-state index contributed by atoms with van der Waals surface area (Å²) < 4.78 is 16.9. The number of thiophene rings is 1. The molecular weight excluding hydrogens is 348 g/mol. The molecule has 1 atom stereocenters. The fraction of sp³-hybridized carbons (Fsp3) is 0.188. The summed E-state index contributed by atoms with van der Waals surface area (Å²) in [5.41, 5.74) is 0.530. The molecule has 0 saturated heterocycles. The highest BCUT2D eigenvalue weighted by Crippen LogP contribution is 2.22. The Hall–Kier alpha value is -2.50. The fourth-order valence-electron chi connectivity index (χ4n) is 1.85. The van der Waals surface area contributed by atoms with Gasteiger partial charge in [-0.3, -0.25) is 9.00 Å². The first kappa shape index (κ1) is 17.8. The zero-order chi connectivity index (χ0) is 17.5. The van der Waals surface area contributed by atoms with Crippen molar-refractivity contribution < 1.29 is 18.5 Å². The number of esters is 1. The minimum Gasteiger partial charge on any atom is -0.452 e. The molecule has 2 rings (SSSR count). The summed E-state index contributed by atoms with van der Waals surface area (Å²) in [4.78, 5) is 24.4. The molecule has 6 nitrogen and oxygen atoms in total. The molecule has 0 unspecified atom stereocenters. The smallest absolute Gasteiger partial charge is 0.339 e. The van der Waals surface area contributed by atoms with Crippen molar-refractivity contribution in [2.45, 2.75) is 11.8 Å². The van der Waals surface area contributed by atoms with Crippen molar-refractivity contribution in [2.75, 3.05) is 17.7 Å². The molecule has 124 valence electrons. The first-order valence-electron chi connectivity index (χ1n) is 6.98. The van der Waals surface area contributed by atoms with E-state index >= 15 is 0 Å². The quantitative estimate of drug-likeness (QED) is 0.797. The third-order valence-corrected chi connectivity index (χ3v) is 5.19. The zero-order valence-electron chi connectivity index (χ0n) is 12.8. The standard InChI is InChI=1S/C16H14N2O4S2/c1-2-24(21)13-6-4-3-5-12(13)16(20)22-10-14(19)18-15-11(9-17)7-8-23-15/h3-8H,2,10H2,1H3,(H,18,19)/t24-/m1/s1. The number of nitriles is 1. The minimum absolute atomic E-state index is 0.180. The number of carbonyl (C=O) groups is 2. The molecule has 0 aliphatic carbocycles. The first-order valence-corrected chi connectivity index (χ1v) is 9.18. The fourth-order valence-corrected chi connectivity index (χ4v) is 3.55. The molecule has 0 aliphatic heterocycles. The van der Waals surface area contributed by atoms with Crippen molar-refractivity contribution in [3.05, 3.63) is 46.8 Å². The van der Waals surface area contributed by atoms with Crippen LogP contribution in [-0.2, 0) is 20.3 Å². The first-order chi connectivity index (χ1) is 11.6. The van der Waals surface area contributed by atoms with E-state index in [9.17, 15) is 13.8 Å². The maximum Gasteiger partial charge on any atom is 0.339 e. The van der Waals surface area contributed by atoms with E-state index in [0.29, 0.717) is 21.2 Å². The highest BCUT2D eigenvalue weighted by Gasteiger charge is 2.17. The average molecular weight is 362 g/mol. The largest absolute Gasteiger partial charge is 0.452 e. The van der Waals surface area contributed by atoms with Gasteiger partial charge in [-0.15, -0.1) is 11.3 Å². The maximum atomic E-state index is 12.1. The lowest BCUT2D eigenvalue weighted by Crippen LogP contribution is -2.21. The second-order valence-electron chi connectivity index (χ2n) is 4.53. The van der Waals surface area contributed by atoms with Crippen LogP contribution >= 0.6 is 11.3 Å². The molecule has 0 spiro atoms. The average Bonchev–Trinajstić information content (AvgIpc) is 3.06. The Morgan fingerprint density at radius 1 is 1.33 bits per heavy atom. The lowest BCUT2D eigenvalue weighted by Gasteiger charge is -2.08. The molecule has 1 amide bonds. The molecule has 0 radical (unpaired) electrons. The molecule has 1 N–H and O–H groups in total. The topological polar surface area (TPSA) is 96.3 Å². The van der Waals surface area contributed by atoms with Crippen LogP contribution in [0.3, 0.4) is 0 Å². The molecule has 0 fully saturated rings. The Bertz CT molecular complexity index is 823. The number of benzene rings is 1. The monoisotopic (exact) mass is 362 g/mol. The summed E-state index contributed by atoms with van der Waals surface area (Å²) in [5, 5.41) is 13.5. The summed E-state index contributed by atoms with van der Waals surface area (Å²) in [5.74, 6) is -0.884. The van der Waals surface area contributed by atoms with Crippen LogP contribution in [0.1, 0.15) is 22.8 Å². The summed E-state index contributed by atoms with van der Waals surface area (Å²) in [6.45, 7) is 1.26. The van der Waals surface area contributed by atoms with Gasteiger partial charge >= 0.3 is 5.97 Å². The van der Waals surface area contributed by atoms with E-state index in [1.807, 2.05) is 6.07 Å². The van der Waals surface area contributed by atoms with Crippen molar-refractivity contribution in [1.82, 2.24) is 0 Å². The number of anilines is 1. The van der Waals surface area contributed by atoms with Crippen molar-refractivity contribution in [1.29, 1.82) is 5.26 Å². The van der Waals surface area contributed by atoms with Crippen LogP contribution in [0.15, 0.2) is 40.6 Å². The third-order valence-electron chi connectivity index (χ3n) is 2.99. The van der Waals surface area contributed by atoms with Gasteiger partial charge < -0.3 is 10.1 Å². The predicted molar refractivity (Wildman–Crippen MR) is 91.3 cm³/mol. The Morgan fingerprint density at radius 2 is 2.08 bits per heavy atom. The van der Waals surface area contributed by atoms with Gasteiger partial charge in [-0.2, -0.15) is 5.26 Å². The van der Waals surface area contributed by atoms with Crippen LogP contribution in [0.25, 0.3) is 0 Å². The van der Waals surface area contributed by atoms with Crippen molar-refractivity contribution in [3.63, 3.8) is 0 Å². The molecule has 0 aliphatic rings. The van der Waals surface area contributed by atoms with Crippen molar-refractivity contribution in [2.24, 2.45) is 0 Å². The third kappa shape index (κ3) is 4.28. The van der Waals surface area contributed by atoms with Crippen LogP contribution in [0.4, 0.5) is 5.00 Å². The molecule has 1 aromatic carbocycles.